The molecule has 3 rings (SSSR count). The highest BCUT2D eigenvalue weighted by Gasteiger charge is 2.29. The monoisotopic (exact) mass is 292 g/mol. The Hall–Kier alpha value is -1.00. The third-order valence-corrected chi connectivity index (χ3v) is 4.38. The molecule has 108 valence electrons. The SMILES string of the molecule is NC(=S)c1cc(F)ccc1CN(CC1CC1)CC1CC1. The first kappa shape index (κ1) is 14.0. The van der Waals surface area contributed by atoms with Gasteiger partial charge in [-0.1, -0.05) is 18.3 Å². The number of benzene rings is 1. The van der Waals surface area contributed by atoms with Crippen molar-refractivity contribution in [3.8, 4) is 0 Å². The van der Waals surface area contributed by atoms with Crippen molar-refractivity contribution in [2.75, 3.05) is 13.1 Å². The van der Waals surface area contributed by atoms with Gasteiger partial charge in [-0.3, -0.25) is 4.90 Å². The van der Waals surface area contributed by atoms with Crippen molar-refractivity contribution < 1.29 is 4.39 Å². The van der Waals surface area contributed by atoms with Crippen LogP contribution >= 0.6 is 12.2 Å². The van der Waals surface area contributed by atoms with Gasteiger partial charge in [0.25, 0.3) is 0 Å². The van der Waals surface area contributed by atoms with Gasteiger partial charge in [0.1, 0.15) is 10.8 Å². The molecule has 2 fully saturated rings. The number of thiocarbonyl (C=S) groups is 1. The van der Waals surface area contributed by atoms with Crippen LogP contribution in [-0.2, 0) is 6.54 Å². The maximum atomic E-state index is 13.4. The standard InChI is InChI=1S/C16H21FN2S/c17-14-6-5-13(15(7-14)16(18)20)10-19(8-11-1-2-11)9-12-3-4-12/h5-7,11-12H,1-4,8-10H2,(H2,18,20). The Balaban J connectivity index is 1.73. The third-order valence-electron chi connectivity index (χ3n) is 4.16. The summed E-state index contributed by atoms with van der Waals surface area (Å²) in [5, 5.41) is 0. The van der Waals surface area contributed by atoms with Gasteiger partial charge in [-0.05, 0) is 55.2 Å². The summed E-state index contributed by atoms with van der Waals surface area (Å²) in [7, 11) is 0. The molecule has 0 heterocycles. The zero-order chi connectivity index (χ0) is 14.1. The quantitative estimate of drug-likeness (QED) is 0.783. The van der Waals surface area contributed by atoms with Gasteiger partial charge in [-0.25, -0.2) is 4.39 Å². The summed E-state index contributed by atoms with van der Waals surface area (Å²) in [6.07, 6.45) is 5.42. The molecule has 20 heavy (non-hydrogen) atoms. The summed E-state index contributed by atoms with van der Waals surface area (Å²) < 4.78 is 13.4. The van der Waals surface area contributed by atoms with E-state index in [1.807, 2.05) is 6.07 Å². The molecule has 0 unspecified atom stereocenters. The Kier molecular flexibility index (Phi) is 4.03. The number of hydrogen-bond acceptors (Lipinski definition) is 2. The number of hydrogen-bond donors (Lipinski definition) is 1. The van der Waals surface area contributed by atoms with Gasteiger partial charge in [0.2, 0.25) is 0 Å². The zero-order valence-corrected chi connectivity index (χ0v) is 12.5. The minimum absolute atomic E-state index is 0.271. The van der Waals surface area contributed by atoms with Gasteiger partial charge in [0.05, 0.1) is 0 Å². The highest BCUT2D eigenvalue weighted by molar-refractivity contribution is 7.80. The Morgan fingerprint density at radius 3 is 2.30 bits per heavy atom. The Labute approximate surface area is 125 Å². The molecule has 1 aromatic rings. The minimum atomic E-state index is -0.271. The fourth-order valence-corrected chi connectivity index (χ4v) is 2.88. The second kappa shape index (κ2) is 5.78. The van der Waals surface area contributed by atoms with E-state index in [4.69, 9.17) is 18.0 Å². The largest absolute Gasteiger partial charge is 0.389 e. The molecule has 2 aliphatic carbocycles. The molecule has 0 saturated heterocycles. The predicted octanol–water partition coefficient (Wildman–Crippen LogP) is 3.08. The predicted molar refractivity (Wildman–Crippen MR) is 83.0 cm³/mol. The van der Waals surface area contributed by atoms with Crippen molar-refractivity contribution in [3.05, 3.63) is 35.1 Å². The number of nitrogens with zero attached hydrogens (tertiary/aromatic N) is 1. The molecular formula is C16H21FN2S. The van der Waals surface area contributed by atoms with Gasteiger partial charge >= 0.3 is 0 Å². The van der Waals surface area contributed by atoms with Crippen LogP contribution in [0.15, 0.2) is 18.2 Å². The smallest absolute Gasteiger partial charge is 0.123 e. The van der Waals surface area contributed by atoms with E-state index in [1.165, 1.54) is 37.8 Å². The topological polar surface area (TPSA) is 29.3 Å². The van der Waals surface area contributed by atoms with Crippen molar-refractivity contribution in [1.29, 1.82) is 0 Å². The van der Waals surface area contributed by atoms with Crippen LogP contribution < -0.4 is 5.73 Å². The first-order valence-corrected chi connectivity index (χ1v) is 7.83. The maximum absolute atomic E-state index is 13.4. The molecule has 2 aliphatic rings. The summed E-state index contributed by atoms with van der Waals surface area (Å²) in [5.74, 6) is 1.46. The molecule has 1 aromatic carbocycles. The Morgan fingerprint density at radius 2 is 1.80 bits per heavy atom. The summed E-state index contributed by atoms with van der Waals surface area (Å²) in [6.45, 7) is 3.15. The second-order valence-electron chi connectivity index (χ2n) is 6.25. The summed E-state index contributed by atoms with van der Waals surface area (Å²) in [4.78, 5) is 2.79. The second-order valence-corrected chi connectivity index (χ2v) is 6.69. The van der Waals surface area contributed by atoms with E-state index in [0.29, 0.717) is 5.56 Å². The lowest BCUT2D eigenvalue weighted by Crippen LogP contribution is -2.29. The molecule has 0 atom stereocenters. The van der Waals surface area contributed by atoms with Crippen molar-refractivity contribution in [1.82, 2.24) is 4.90 Å². The number of nitrogens with two attached hydrogens (primary N) is 1. The average Bonchev–Trinajstić information content (AvgIpc) is 3.27. The van der Waals surface area contributed by atoms with E-state index in [0.717, 1.165) is 37.0 Å². The van der Waals surface area contributed by atoms with E-state index >= 15 is 0 Å². The van der Waals surface area contributed by atoms with Crippen molar-refractivity contribution in [3.63, 3.8) is 0 Å². The molecule has 2 N–H and O–H groups in total. The highest BCUT2D eigenvalue weighted by atomic mass is 32.1. The Bertz CT molecular complexity index is 495. The van der Waals surface area contributed by atoms with Crippen molar-refractivity contribution >= 4 is 17.2 Å². The minimum Gasteiger partial charge on any atom is -0.389 e. The molecule has 0 amide bonds. The van der Waals surface area contributed by atoms with E-state index in [-0.39, 0.29) is 10.8 Å². The van der Waals surface area contributed by atoms with Crippen LogP contribution in [0.25, 0.3) is 0 Å². The molecule has 0 spiro atoms. The van der Waals surface area contributed by atoms with Crippen molar-refractivity contribution in [2.24, 2.45) is 17.6 Å². The molecule has 0 radical (unpaired) electrons. The molecule has 2 nitrogen and oxygen atoms in total. The molecule has 0 aliphatic heterocycles. The van der Waals surface area contributed by atoms with Crippen LogP contribution in [0.4, 0.5) is 4.39 Å². The highest BCUT2D eigenvalue weighted by Crippen LogP contribution is 2.34. The Morgan fingerprint density at radius 1 is 1.20 bits per heavy atom. The normalized spacial score (nSPS) is 18.5. The van der Waals surface area contributed by atoms with Gasteiger partial charge in [0.15, 0.2) is 0 Å². The number of halogens is 1. The third kappa shape index (κ3) is 3.76. The lowest BCUT2D eigenvalue weighted by molar-refractivity contribution is 0.244. The fourth-order valence-electron chi connectivity index (χ4n) is 2.69. The first-order chi connectivity index (χ1) is 9.61. The first-order valence-electron chi connectivity index (χ1n) is 7.42. The molecule has 4 heteroatoms. The molecule has 2 saturated carbocycles. The van der Waals surface area contributed by atoms with E-state index in [1.54, 1.807) is 0 Å². The van der Waals surface area contributed by atoms with E-state index in [9.17, 15) is 4.39 Å². The van der Waals surface area contributed by atoms with Gasteiger partial charge in [-0.2, -0.15) is 0 Å². The average molecular weight is 292 g/mol. The van der Waals surface area contributed by atoms with Crippen LogP contribution in [0.5, 0.6) is 0 Å². The maximum Gasteiger partial charge on any atom is 0.123 e. The number of rotatable bonds is 7. The fraction of sp³-hybridized carbons (Fsp3) is 0.562. The zero-order valence-electron chi connectivity index (χ0n) is 11.6. The summed E-state index contributed by atoms with van der Waals surface area (Å²) >= 11 is 5.05. The lowest BCUT2D eigenvalue weighted by Gasteiger charge is -2.23. The van der Waals surface area contributed by atoms with Crippen LogP contribution in [0.3, 0.4) is 0 Å². The van der Waals surface area contributed by atoms with Gasteiger partial charge < -0.3 is 5.73 Å². The molecular weight excluding hydrogens is 271 g/mol. The van der Waals surface area contributed by atoms with Crippen LogP contribution in [0.1, 0.15) is 36.8 Å². The van der Waals surface area contributed by atoms with Gasteiger partial charge in [0, 0.05) is 25.2 Å². The van der Waals surface area contributed by atoms with Crippen LogP contribution in [0.2, 0.25) is 0 Å². The van der Waals surface area contributed by atoms with Gasteiger partial charge in [-0.15, -0.1) is 0 Å². The van der Waals surface area contributed by atoms with E-state index in [2.05, 4.69) is 4.90 Å². The summed E-state index contributed by atoms with van der Waals surface area (Å²) in [5.41, 5.74) is 7.48. The van der Waals surface area contributed by atoms with E-state index < -0.39 is 0 Å². The van der Waals surface area contributed by atoms with Crippen LogP contribution in [0, 0.1) is 17.7 Å². The summed E-state index contributed by atoms with van der Waals surface area (Å²) in [6, 6.07) is 4.80. The lowest BCUT2D eigenvalue weighted by atomic mass is 10.1. The molecule has 0 aromatic heterocycles. The molecule has 0 bridgehead atoms. The van der Waals surface area contributed by atoms with Crippen molar-refractivity contribution in [2.45, 2.75) is 32.2 Å². The van der Waals surface area contributed by atoms with Crippen LogP contribution in [-0.4, -0.2) is 23.0 Å².